The molecule has 0 spiro atoms. The maximum Gasteiger partial charge on any atom is 0.298 e. The van der Waals surface area contributed by atoms with E-state index in [0.717, 1.165) is 16.7 Å². The molecule has 2 aromatic rings. The number of carbonyl (C=O) groups excluding carboxylic acids is 2. The first-order chi connectivity index (χ1) is 13.9. The quantitative estimate of drug-likeness (QED) is 0.379. The molecular formula is C21H15BrClNO4S. The number of terminal acetylenes is 1. The van der Waals surface area contributed by atoms with Crippen LogP contribution in [0.5, 0.6) is 11.5 Å². The predicted octanol–water partition coefficient (Wildman–Crippen LogP) is 5.75. The highest BCUT2D eigenvalue weighted by Crippen LogP contribution is 2.40. The second-order valence-electron chi connectivity index (χ2n) is 5.75. The van der Waals surface area contributed by atoms with Crippen molar-refractivity contribution in [1.29, 1.82) is 0 Å². The number of ether oxygens (including phenoxy) is 2. The van der Waals surface area contributed by atoms with Crippen LogP contribution in [0.25, 0.3) is 6.08 Å². The first-order valence-corrected chi connectivity index (χ1v) is 10.5. The Labute approximate surface area is 186 Å². The number of thioether (sulfide) groups is 1. The lowest BCUT2D eigenvalue weighted by molar-refractivity contribution is -0.113. The van der Waals surface area contributed by atoms with E-state index in [4.69, 9.17) is 27.5 Å². The summed E-state index contributed by atoms with van der Waals surface area (Å²) in [6.07, 6.45) is 6.89. The summed E-state index contributed by atoms with van der Waals surface area (Å²) < 4.78 is 11.8. The molecule has 0 atom stereocenters. The molecule has 8 heteroatoms. The Hall–Kier alpha value is -2.40. The van der Waals surface area contributed by atoms with Gasteiger partial charge in [-0.25, -0.2) is 4.90 Å². The molecule has 0 aliphatic carbocycles. The Kier molecular flexibility index (Phi) is 6.91. The highest BCUT2D eigenvalue weighted by atomic mass is 79.9. The largest absolute Gasteiger partial charge is 0.490 e. The summed E-state index contributed by atoms with van der Waals surface area (Å²) in [7, 11) is 0. The topological polar surface area (TPSA) is 55.8 Å². The standard InChI is InChI=1S/C21H15BrClNO4S/c1-3-8-28-19-16(22)9-13(10-17(19)27-4-2)11-18-20(25)24(21(26)29-18)15-7-5-6-14(23)12-15/h1,5-7,9-12H,4,8H2,2H3/b18-11+. The summed E-state index contributed by atoms with van der Waals surface area (Å²) in [5.41, 5.74) is 1.10. The van der Waals surface area contributed by atoms with Crippen molar-refractivity contribution in [1.82, 2.24) is 0 Å². The minimum absolute atomic E-state index is 0.0938. The molecule has 148 valence electrons. The number of benzene rings is 2. The van der Waals surface area contributed by atoms with Crippen LogP contribution < -0.4 is 14.4 Å². The fraction of sp³-hybridized carbons (Fsp3) is 0.143. The first kappa shape index (κ1) is 21.3. The zero-order valence-electron chi connectivity index (χ0n) is 15.3. The average molecular weight is 493 g/mol. The van der Waals surface area contributed by atoms with Gasteiger partial charge < -0.3 is 9.47 Å². The number of rotatable bonds is 6. The van der Waals surface area contributed by atoms with Gasteiger partial charge >= 0.3 is 0 Å². The molecule has 0 saturated carbocycles. The van der Waals surface area contributed by atoms with Gasteiger partial charge in [0.25, 0.3) is 11.1 Å². The lowest BCUT2D eigenvalue weighted by Gasteiger charge is -2.13. The summed E-state index contributed by atoms with van der Waals surface area (Å²) in [6, 6.07) is 10.1. The number of imide groups is 1. The Morgan fingerprint density at radius 2 is 2.07 bits per heavy atom. The van der Waals surface area contributed by atoms with Gasteiger partial charge in [-0.1, -0.05) is 23.6 Å². The molecule has 1 saturated heterocycles. The van der Waals surface area contributed by atoms with Crippen molar-refractivity contribution < 1.29 is 19.1 Å². The number of anilines is 1. The van der Waals surface area contributed by atoms with Crippen molar-refractivity contribution >= 4 is 62.2 Å². The molecule has 2 amide bonds. The van der Waals surface area contributed by atoms with Gasteiger partial charge in [0, 0.05) is 5.02 Å². The van der Waals surface area contributed by atoms with E-state index in [1.54, 1.807) is 42.5 Å². The molecule has 29 heavy (non-hydrogen) atoms. The molecule has 3 rings (SSSR count). The number of hydrogen-bond donors (Lipinski definition) is 0. The highest BCUT2D eigenvalue weighted by Gasteiger charge is 2.36. The van der Waals surface area contributed by atoms with E-state index in [1.165, 1.54) is 0 Å². The lowest BCUT2D eigenvalue weighted by atomic mass is 10.1. The van der Waals surface area contributed by atoms with Crippen LogP contribution in [0.4, 0.5) is 10.5 Å². The molecule has 5 nitrogen and oxygen atoms in total. The van der Waals surface area contributed by atoms with Crippen LogP contribution >= 0.6 is 39.3 Å². The van der Waals surface area contributed by atoms with E-state index in [-0.39, 0.29) is 11.8 Å². The predicted molar refractivity (Wildman–Crippen MR) is 120 cm³/mol. The van der Waals surface area contributed by atoms with Crippen LogP contribution in [-0.4, -0.2) is 24.4 Å². The number of carbonyl (C=O) groups is 2. The van der Waals surface area contributed by atoms with Crippen LogP contribution in [-0.2, 0) is 4.79 Å². The van der Waals surface area contributed by atoms with Crippen LogP contribution in [0.2, 0.25) is 5.02 Å². The molecule has 1 aliphatic heterocycles. The first-order valence-electron chi connectivity index (χ1n) is 8.50. The normalized spacial score (nSPS) is 15.0. The Morgan fingerprint density at radius 1 is 1.28 bits per heavy atom. The average Bonchev–Trinajstić information content (AvgIpc) is 2.94. The van der Waals surface area contributed by atoms with Crippen LogP contribution in [0.1, 0.15) is 12.5 Å². The maximum atomic E-state index is 12.8. The van der Waals surface area contributed by atoms with Gasteiger partial charge in [-0.2, -0.15) is 0 Å². The van der Waals surface area contributed by atoms with Gasteiger partial charge in [0.05, 0.1) is 21.7 Å². The van der Waals surface area contributed by atoms with Crippen molar-refractivity contribution in [3.63, 3.8) is 0 Å². The number of amides is 2. The van der Waals surface area contributed by atoms with Crippen molar-refractivity contribution in [2.75, 3.05) is 18.1 Å². The summed E-state index contributed by atoms with van der Waals surface area (Å²) in [4.78, 5) is 26.6. The molecule has 1 heterocycles. The van der Waals surface area contributed by atoms with Crippen molar-refractivity contribution in [2.45, 2.75) is 6.92 Å². The van der Waals surface area contributed by atoms with Crippen LogP contribution in [0.15, 0.2) is 45.8 Å². The second kappa shape index (κ2) is 9.40. The van der Waals surface area contributed by atoms with E-state index in [2.05, 4.69) is 21.9 Å². The van der Waals surface area contributed by atoms with E-state index >= 15 is 0 Å². The molecular weight excluding hydrogens is 478 g/mol. The molecule has 0 radical (unpaired) electrons. The third-order valence-corrected chi connectivity index (χ3v) is 5.48. The van der Waals surface area contributed by atoms with Gasteiger partial charge in [0.2, 0.25) is 0 Å². The van der Waals surface area contributed by atoms with Gasteiger partial charge in [-0.05, 0) is 76.6 Å². The van der Waals surface area contributed by atoms with E-state index < -0.39 is 5.91 Å². The van der Waals surface area contributed by atoms with Gasteiger partial charge in [-0.15, -0.1) is 6.42 Å². The minimum atomic E-state index is -0.413. The third kappa shape index (κ3) is 4.78. The van der Waals surface area contributed by atoms with E-state index in [1.807, 2.05) is 6.92 Å². The summed E-state index contributed by atoms with van der Waals surface area (Å²) in [5.74, 6) is 2.96. The molecule has 1 fully saturated rings. The minimum Gasteiger partial charge on any atom is -0.490 e. The fourth-order valence-electron chi connectivity index (χ4n) is 2.65. The van der Waals surface area contributed by atoms with Gasteiger partial charge in [0.15, 0.2) is 11.5 Å². The van der Waals surface area contributed by atoms with Crippen LogP contribution in [0.3, 0.4) is 0 Å². The molecule has 1 aliphatic rings. The van der Waals surface area contributed by atoms with Crippen molar-refractivity contribution in [3.8, 4) is 23.8 Å². The fourth-order valence-corrected chi connectivity index (χ4v) is 4.25. The molecule has 0 unspecified atom stereocenters. The molecule has 0 N–H and O–H groups in total. The summed E-state index contributed by atoms with van der Waals surface area (Å²) in [6.45, 7) is 2.37. The number of nitrogens with zero attached hydrogens (tertiary/aromatic N) is 1. The Morgan fingerprint density at radius 3 is 2.76 bits per heavy atom. The lowest BCUT2D eigenvalue weighted by Crippen LogP contribution is -2.27. The van der Waals surface area contributed by atoms with Crippen molar-refractivity contribution in [3.05, 3.63) is 56.4 Å². The number of halogens is 2. The molecule has 0 aromatic heterocycles. The molecule has 0 bridgehead atoms. The SMILES string of the molecule is C#CCOc1c(Br)cc(/C=C2/SC(=O)N(c3cccc(Cl)c3)C2=O)cc1OCC. The highest BCUT2D eigenvalue weighted by molar-refractivity contribution is 9.10. The molecule has 2 aromatic carbocycles. The summed E-state index contributed by atoms with van der Waals surface area (Å²) in [5, 5.41) is 0.0555. The maximum absolute atomic E-state index is 12.8. The van der Waals surface area contributed by atoms with E-state index in [0.29, 0.717) is 43.8 Å². The van der Waals surface area contributed by atoms with Crippen molar-refractivity contribution in [2.24, 2.45) is 0 Å². The zero-order valence-corrected chi connectivity index (χ0v) is 18.4. The number of hydrogen-bond acceptors (Lipinski definition) is 5. The summed E-state index contributed by atoms with van der Waals surface area (Å²) >= 11 is 10.3. The van der Waals surface area contributed by atoms with Crippen LogP contribution in [0, 0.1) is 12.3 Å². The third-order valence-electron chi connectivity index (χ3n) is 3.79. The van der Waals surface area contributed by atoms with Gasteiger partial charge in [0.1, 0.15) is 6.61 Å². The second-order valence-corrected chi connectivity index (χ2v) is 8.04. The monoisotopic (exact) mass is 491 g/mol. The van der Waals surface area contributed by atoms with E-state index in [9.17, 15) is 9.59 Å². The smallest absolute Gasteiger partial charge is 0.298 e. The van der Waals surface area contributed by atoms with Gasteiger partial charge in [-0.3, -0.25) is 9.59 Å². The Balaban J connectivity index is 1.95. The Bertz CT molecular complexity index is 1050. The zero-order chi connectivity index (χ0) is 21.0.